The van der Waals surface area contributed by atoms with Gasteiger partial charge in [-0.3, -0.25) is 14.4 Å². The maximum Gasteiger partial charge on any atom is 0.335 e. The van der Waals surface area contributed by atoms with Crippen LogP contribution >= 0.6 is 0 Å². The number of amides is 1. The molecule has 0 aliphatic rings. The van der Waals surface area contributed by atoms with Gasteiger partial charge in [-0.05, 0) is 20.8 Å². The first kappa shape index (κ1) is 18.6. The van der Waals surface area contributed by atoms with Crippen LogP contribution in [0.1, 0.15) is 27.2 Å². The SMILES string of the molecule is C=C(C)C(=O)NC=C(C)C(=O)OCCOC(=O)CC(C)=O. The predicted molar refractivity (Wildman–Crippen MR) is 73.9 cm³/mol. The molecule has 1 amide bonds. The van der Waals surface area contributed by atoms with E-state index in [1.54, 1.807) is 0 Å². The number of carbonyl (C=O) groups excluding carboxylic acids is 4. The summed E-state index contributed by atoms with van der Waals surface area (Å²) < 4.78 is 9.48. The lowest BCUT2D eigenvalue weighted by atomic mass is 10.3. The summed E-state index contributed by atoms with van der Waals surface area (Å²) in [6, 6.07) is 0. The average molecular weight is 297 g/mol. The van der Waals surface area contributed by atoms with Gasteiger partial charge in [-0.1, -0.05) is 6.58 Å². The second kappa shape index (κ2) is 9.46. The topological polar surface area (TPSA) is 98.8 Å². The summed E-state index contributed by atoms with van der Waals surface area (Å²) >= 11 is 0. The minimum Gasteiger partial charge on any atom is -0.462 e. The molecule has 0 aromatic carbocycles. The Morgan fingerprint density at radius 3 is 2.14 bits per heavy atom. The number of rotatable bonds is 8. The van der Waals surface area contributed by atoms with Crippen LogP contribution in [0.5, 0.6) is 0 Å². The van der Waals surface area contributed by atoms with Gasteiger partial charge in [0.25, 0.3) is 0 Å². The third-order valence-corrected chi connectivity index (χ3v) is 2.10. The maximum atomic E-state index is 11.5. The summed E-state index contributed by atoms with van der Waals surface area (Å²) in [6.45, 7) is 7.44. The van der Waals surface area contributed by atoms with Crippen LogP contribution in [0.4, 0.5) is 0 Å². The molecule has 0 rings (SSSR count). The smallest absolute Gasteiger partial charge is 0.335 e. The van der Waals surface area contributed by atoms with Crippen molar-refractivity contribution in [3.63, 3.8) is 0 Å². The fourth-order valence-corrected chi connectivity index (χ4v) is 1.01. The van der Waals surface area contributed by atoms with Crippen molar-refractivity contribution in [1.82, 2.24) is 5.32 Å². The van der Waals surface area contributed by atoms with Crippen LogP contribution in [0.3, 0.4) is 0 Å². The summed E-state index contributed by atoms with van der Waals surface area (Å²) in [5.74, 6) is -2.02. The molecule has 0 aromatic heterocycles. The van der Waals surface area contributed by atoms with Gasteiger partial charge in [0.15, 0.2) is 0 Å². The van der Waals surface area contributed by atoms with E-state index in [2.05, 4.69) is 16.6 Å². The van der Waals surface area contributed by atoms with Crippen LogP contribution in [0.2, 0.25) is 0 Å². The molecule has 0 atom stereocenters. The summed E-state index contributed by atoms with van der Waals surface area (Å²) in [5.41, 5.74) is 0.490. The third-order valence-electron chi connectivity index (χ3n) is 2.10. The standard InChI is InChI=1S/C14H19NO6/c1-9(2)13(18)15-8-10(3)14(19)21-6-5-20-12(17)7-11(4)16/h8H,1,5-7H2,2-4H3,(H,15,18). The van der Waals surface area contributed by atoms with Crippen LogP contribution in [-0.2, 0) is 28.7 Å². The number of ether oxygens (including phenoxy) is 2. The van der Waals surface area contributed by atoms with Crippen molar-refractivity contribution in [3.05, 3.63) is 23.9 Å². The zero-order valence-electron chi connectivity index (χ0n) is 12.4. The number of esters is 2. The predicted octanol–water partition coefficient (Wildman–Crippen LogP) is 0.648. The monoisotopic (exact) mass is 297 g/mol. The average Bonchev–Trinajstić information content (AvgIpc) is 2.39. The van der Waals surface area contributed by atoms with Crippen molar-refractivity contribution in [2.75, 3.05) is 13.2 Å². The van der Waals surface area contributed by atoms with Gasteiger partial charge in [0.05, 0.1) is 5.57 Å². The Morgan fingerprint density at radius 1 is 1.05 bits per heavy atom. The number of ketones is 1. The van der Waals surface area contributed by atoms with E-state index in [-0.39, 0.29) is 31.0 Å². The number of carbonyl (C=O) groups is 4. The lowest BCUT2D eigenvalue weighted by molar-refractivity contribution is -0.151. The molecule has 0 heterocycles. The first-order valence-electron chi connectivity index (χ1n) is 6.19. The molecule has 0 aromatic rings. The Bertz CT molecular complexity index is 478. The summed E-state index contributed by atoms with van der Waals surface area (Å²) in [6.07, 6.45) is 0.904. The largest absolute Gasteiger partial charge is 0.462 e. The molecular formula is C14H19NO6. The lowest BCUT2D eigenvalue weighted by Gasteiger charge is -2.06. The quantitative estimate of drug-likeness (QED) is 0.306. The minimum absolute atomic E-state index is 0.136. The van der Waals surface area contributed by atoms with Crippen LogP contribution in [0.15, 0.2) is 23.9 Å². The van der Waals surface area contributed by atoms with Crippen LogP contribution < -0.4 is 5.32 Å². The number of hydrogen-bond acceptors (Lipinski definition) is 6. The molecule has 0 aliphatic carbocycles. The number of hydrogen-bond donors (Lipinski definition) is 1. The normalized spacial score (nSPS) is 10.5. The molecule has 0 bridgehead atoms. The highest BCUT2D eigenvalue weighted by atomic mass is 16.6. The fourth-order valence-electron chi connectivity index (χ4n) is 1.01. The van der Waals surface area contributed by atoms with Crippen molar-refractivity contribution in [2.45, 2.75) is 27.2 Å². The highest BCUT2D eigenvalue weighted by molar-refractivity contribution is 5.95. The minimum atomic E-state index is -0.667. The number of nitrogens with one attached hydrogen (secondary N) is 1. The summed E-state index contributed by atoms with van der Waals surface area (Å²) in [5, 5.41) is 2.37. The molecule has 0 radical (unpaired) electrons. The maximum absolute atomic E-state index is 11.5. The van der Waals surface area contributed by atoms with Gasteiger partial charge in [0.1, 0.15) is 25.4 Å². The molecule has 116 valence electrons. The Morgan fingerprint density at radius 2 is 1.62 bits per heavy atom. The summed E-state index contributed by atoms with van der Waals surface area (Å²) in [4.78, 5) is 44.3. The van der Waals surface area contributed by atoms with Crippen molar-refractivity contribution in [1.29, 1.82) is 0 Å². The highest BCUT2D eigenvalue weighted by Crippen LogP contribution is 1.97. The molecule has 0 spiro atoms. The Labute approximate surface area is 123 Å². The molecular weight excluding hydrogens is 278 g/mol. The van der Waals surface area contributed by atoms with Gasteiger partial charge in [-0.25, -0.2) is 4.79 Å². The highest BCUT2D eigenvalue weighted by Gasteiger charge is 2.09. The van der Waals surface area contributed by atoms with Gasteiger partial charge in [0.2, 0.25) is 5.91 Å². The molecule has 7 nitrogen and oxygen atoms in total. The van der Waals surface area contributed by atoms with Gasteiger partial charge in [-0.2, -0.15) is 0 Å². The van der Waals surface area contributed by atoms with Crippen molar-refractivity contribution in [3.8, 4) is 0 Å². The van der Waals surface area contributed by atoms with E-state index in [9.17, 15) is 19.2 Å². The number of Topliss-reactive ketones (excluding diaryl/α,β-unsaturated/α-hetero) is 1. The van der Waals surface area contributed by atoms with Crippen molar-refractivity contribution < 1.29 is 28.7 Å². The third kappa shape index (κ3) is 9.15. The Kier molecular flexibility index (Phi) is 8.36. The molecule has 0 fully saturated rings. The van der Waals surface area contributed by atoms with E-state index >= 15 is 0 Å². The molecule has 0 unspecified atom stereocenters. The molecule has 0 aliphatic heterocycles. The van der Waals surface area contributed by atoms with Crippen LogP contribution in [-0.4, -0.2) is 36.8 Å². The first-order chi connectivity index (χ1) is 9.73. The zero-order valence-corrected chi connectivity index (χ0v) is 12.4. The van der Waals surface area contributed by atoms with Gasteiger partial charge in [-0.15, -0.1) is 0 Å². The van der Waals surface area contributed by atoms with E-state index in [1.165, 1.54) is 27.0 Å². The lowest BCUT2D eigenvalue weighted by Crippen LogP contribution is -2.20. The van der Waals surface area contributed by atoms with E-state index in [0.29, 0.717) is 5.57 Å². The Balaban J connectivity index is 4.01. The molecule has 1 N–H and O–H groups in total. The molecule has 0 saturated carbocycles. The van der Waals surface area contributed by atoms with Crippen LogP contribution in [0.25, 0.3) is 0 Å². The molecule has 21 heavy (non-hydrogen) atoms. The molecule has 7 heteroatoms. The fraction of sp³-hybridized carbons (Fsp3) is 0.429. The zero-order chi connectivity index (χ0) is 16.4. The van der Waals surface area contributed by atoms with Crippen molar-refractivity contribution >= 4 is 23.6 Å². The van der Waals surface area contributed by atoms with Gasteiger partial charge < -0.3 is 14.8 Å². The van der Waals surface area contributed by atoms with Crippen molar-refractivity contribution in [2.24, 2.45) is 0 Å². The van der Waals surface area contributed by atoms with Gasteiger partial charge >= 0.3 is 11.9 Å². The Hall–Kier alpha value is -2.44. The van der Waals surface area contributed by atoms with Gasteiger partial charge in [0, 0.05) is 11.8 Å². The van der Waals surface area contributed by atoms with E-state index in [4.69, 9.17) is 4.74 Å². The van der Waals surface area contributed by atoms with E-state index in [1.807, 2.05) is 0 Å². The summed E-state index contributed by atoms with van der Waals surface area (Å²) in [7, 11) is 0. The second-order valence-electron chi connectivity index (χ2n) is 4.32. The first-order valence-corrected chi connectivity index (χ1v) is 6.19. The van der Waals surface area contributed by atoms with Crippen LogP contribution in [0, 0.1) is 0 Å². The second-order valence-corrected chi connectivity index (χ2v) is 4.32. The van der Waals surface area contributed by atoms with E-state index < -0.39 is 17.8 Å². The van der Waals surface area contributed by atoms with E-state index in [0.717, 1.165) is 0 Å². The molecule has 0 saturated heterocycles.